The highest BCUT2D eigenvalue weighted by Gasteiger charge is 2.19. The molecule has 0 bridgehead atoms. The fourth-order valence-electron chi connectivity index (χ4n) is 3.86. The first-order chi connectivity index (χ1) is 13.4. The third kappa shape index (κ3) is 4.11. The molecule has 0 fully saturated rings. The largest absolute Gasteiger partial charge is 0.493 e. The van der Waals surface area contributed by atoms with E-state index in [2.05, 4.69) is 101 Å². The topological polar surface area (TPSA) is 9.23 Å². The first kappa shape index (κ1) is 18.3. The SMILES string of the molecule is ICCOc1ccc(C2=C(c3ccccc3)CCCc3ccccc32)cc1. The summed E-state index contributed by atoms with van der Waals surface area (Å²) in [6.45, 7) is 0.751. The molecule has 1 aliphatic carbocycles. The van der Waals surface area contributed by atoms with Crippen LogP contribution in [0.3, 0.4) is 0 Å². The Morgan fingerprint density at radius 3 is 2.26 bits per heavy atom. The van der Waals surface area contributed by atoms with Crippen molar-refractivity contribution in [2.24, 2.45) is 0 Å². The van der Waals surface area contributed by atoms with E-state index in [4.69, 9.17) is 4.74 Å². The van der Waals surface area contributed by atoms with Crippen molar-refractivity contribution >= 4 is 33.7 Å². The minimum Gasteiger partial charge on any atom is -0.493 e. The molecule has 3 aromatic rings. The van der Waals surface area contributed by atoms with Crippen molar-refractivity contribution in [1.82, 2.24) is 0 Å². The minimum atomic E-state index is 0.751. The minimum absolute atomic E-state index is 0.751. The van der Waals surface area contributed by atoms with Gasteiger partial charge in [-0.15, -0.1) is 0 Å². The van der Waals surface area contributed by atoms with Gasteiger partial charge in [-0.3, -0.25) is 0 Å². The summed E-state index contributed by atoms with van der Waals surface area (Å²) in [6.07, 6.45) is 3.41. The molecule has 0 spiro atoms. The van der Waals surface area contributed by atoms with E-state index in [1.807, 2.05) is 0 Å². The molecule has 0 saturated carbocycles. The van der Waals surface area contributed by atoms with Crippen LogP contribution in [0.15, 0.2) is 78.9 Å². The fraction of sp³-hybridized carbons (Fsp3) is 0.200. The van der Waals surface area contributed by atoms with Gasteiger partial charge in [0.15, 0.2) is 0 Å². The summed E-state index contributed by atoms with van der Waals surface area (Å²) in [5.74, 6) is 0.944. The molecule has 4 rings (SSSR count). The normalized spacial score (nSPS) is 13.8. The molecule has 0 heterocycles. The average molecular weight is 466 g/mol. The van der Waals surface area contributed by atoms with Crippen LogP contribution in [0.5, 0.6) is 5.75 Å². The maximum Gasteiger partial charge on any atom is 0.119 e. The van der Waals surface area contributed by atoms with Crippen molar-refractivity contribution in [3.05, 3.63) is 101 Å². The predicted octanol–water partition coefficient (Wildman–Crippen LogP) is 6.80. The van der Waals surface area contributed by atoms with Crippen LogP contribution in [0, 0.1) is 0 Å². The number of halogens is 1. The molecule has 136 valence electrons. The second-order valence-electron chi connectivity index (χ2n) is 6.79. The molecule has 27 heavy (non-hydrogen) atoms. The summed E-state index contributed by atoms with van der Waals surface area (Å²) in [5.41, 5.74) is 8.23. The van der Waals surface area contributed by atoms with Crippen molar-refractivity contribution in [1.29, 1.82) is 0 Å². The Hall–Kier alpha value is -2.07. The van der Waals surface area contributed by atoms with E-state index in [9.17, 15) is 0 Å². The van der Waals surface area contributed by atoms with Gasteiger partial charge in [0.2, 0.25) is 0 Å². The number of aryl methyl sites for hydroxylation is 1. The number of allylic oxidation sites excluding steroid dienone is 1. The van der Waals surface area contributed by atoms with Gasteiger partial charge >= 0.3 is 0 Å². The Labute approximate surface area is 175 Å². The Bertz CT molecular complexity index is 926. The van der Waals surface area contributed by atoms with Crippen molar-refractivity contribution < 1.29 is 4.74 Å². The zero-order valence-electron chi connectivity index (χ0n) is 15.3. The summed E-state index contributed by atoms with van der Waals surface area (Å²) in [7, 11) is 0. The average Bonchev–Trinajstić information content (AvgIpc) is 2.93. The molecule has 0 saturated heterocycles. The van der Waals surface area contributed by atoms with E-state index in [-0.39, 0.29) is 0 Å². The second-order valence-corrected chi connectivity index (χ2v) is 7.87. The van der Waals surface area contributed by atoms with Crippen LogP contribution in [-0.4, -0.2) is 11.0 Å². The third-order valence-corrected chi connectivity index (χ3v) is 5.51. The van der Waals surface area contributed by atoms with Gasteiger partial charge in [0.05, 0.1) is 6.61 Å². The van der Waals surface area contributed by atoms with Gasteiger partial charge in [-0.25, -0.2) is 0 Å². The highest BCUT2D eigenvalue weighted by atomic mass is 127. The first-order valence-corrected chi connectivity index (χ1v) is 11.1. The van der Waals surface area contributed by atoms with Gasteiger partial charge in [-0.05, 0) is 64.8 Å². The van der Waals surface area contributed by atoms with Crippen LogP contribution in [-0.2, 0) is 6.42 Å². The van der Waals surface area contributed by atoms with Gasteiger partial charge in [0.1, 0.15) is 5.75 Å². The Kier molecular flexibility index (Phi) is 5.93. The molecule has 0 unspecified atom stereocenters. The van der Waals surface area contributed by atoms with Gasteiger partial charge in [-0.1, -0.05) is 89.3 Å². The monoisotopic (exact) mass is 466 g/mol. The van der Waals surface area contributed by atoms with E-state index in [0.29, 0.717) is 0 Å². The number of alkyl halides is 1. The molecule has 0 aliphatic heterocycles. The first-order valence-electron chi connectivity index (χ1n) is 9.53. The van der Waals surface area contributed by atoms with Gasteiger partial charge in [-0.2, -0.15) is 0 Å². The van der Waals surface area contributed by atoms with Crippen LogP contribution in [0.1, 0.15) is 35.1 Å². The van der Waals surface area contributed by atoms with Crippen LogP contribution < -0.4 is 4.74 Å². The maximum absolute atomic E-state index is 5.78. The van der Waals surface area contributed by atoms with Crippen molar-refractivity contribution in [3.8, 4) is 5.75 Å². The Morgan fingerprint density at radius 1 is 0.741 bits per heavy atom. The molecule has 1 nitrogen and oxygen atoms in total. The quantitative estimate of drug-likeness (QED) is 0.297. The van der Waals surface area contributed by atoms with Crippen LogP contribution in [0.2, 0.25) is 0 Å². The number of benzene rings is 3. The van der Waals surface area contributed by atoms with Gasteiger partial charge in [0, 0.05) is 4.43 Å². The maximum atomic E-state index is 5.78. The third-order valence-electron chi connectivity index (χ3n) is 5.07. The number of hydrogen-bond donors (Lipinski definition) is 0. The molecule has 2 heteroatoms. The lowest BCUT2D eigenvalue weighted by atomic mass is 9.88. The smallest absolute Gasteiger partial charge is 0.119 e. The van der Waals surface area contributed by atoms with Crippen LogP contribution in [0.25, 0.3) is 11.1 Å². The zero-order chi connectivity index (χ0) is 18.5. The van der Waals surface area contributed by atoms with E-state index in [0.717, 1.165) is 29.6 Å². The lowest BCUT2D eigenvalue weighted by Gasteiger charge is -2.17. The fourth-order valence-corrected chi connectivity index (χ4v) is 4.08. The Balaban J connectivity index is 1.86. The summed E-state index contributed by atoms with van der Waals surface area (Å²) < 4.78 is 6.78. The number of hydrogen-bond acceptors (Lipinski definition) is 1. The molecule has 0 aromatic heterocycles. The molecule has 1 aliphatic rings. The molecule has 3 aromatic carbocycles. The standard InChI is InChI=1S/C25H23IO/c26-17-18-27-22-15-13-21(14-16-22)25-23-11-5-4-9-20(23)10-6-12-24(25)19-7-2-1-3-8-19/h1-5,7-9,11,13-16H,6,10,12,17-18H2. The summed E-state index contributed by atoms with van der Waals surface area (Å²) >= 11 is 2.34. The molecule has 0 radical (unpaired) electrons. The zero-order valence-corrected chi connectivity index (χ0v) is 17.5. The molecule has 0 N–H and O–H groups in total. The van der Waals surface area contributed by atoms with Gasteiger partial charge in [0.25, 0.3) is 0 Å². The molecule has 0 atom stereocenters. The van der Waals surface area contributed by atoms with Crippen molar-refractivity contribution in [2.45, 2.75) is 19.3 Å². The Morgan fingerprint density at radius 2 is 1.48 bits per heavy atom. The number of ether oxygens (including phenoxy) is 1. The molecular formula is C25H23IO. The van der Waals surface area contributed by atoms with E-state index < -0.39 is 0 Å². The number of rotatable bonds is 5. The van der Waals surface area contributed by atoms with E-state index in [1.165, 1.54) is 39.8 Å². The van der Waals surface area contributed by atoms with E-state index in [1.54, 1.807) is 0 Å². The second kappa shape index (κ2) is 8.75. The number of fused-ring (bicyclic) bond motifs is 1. The molecule has 0 amide bonds. The van der Waals surface area contributed by atoms with E-state index >= 15 is 0 Å². The van der Waals surface area contributed by atoms with Crippen LogP contribution >= 0.6 is 22.6 Å². The highest BCUT2D eigenvalue weighted by molar-refractivity contribution is 14.1. The summed E-state index contributed by atoms with van der Waals surface area (Å²) in [5, 5.41) is 0. The summed E-state index contributed by atoms with van der Waals surface area (Å²) in [6, 6.07) is 28.3. The summed E-state index contributed by atoms with van der Waals surface area (Å²) in [4.78, 5) is 0. The van der Waals surface area contributed by atoms with Crippen molar-refractivity contribution in [2.75, 3.05) is 11.0 Å². The van der Waals surface area contributed by atoms with Gasteiger partial charge < -0.3 is 4.74 Å². The highest BCUT2D eigenvalue weighted by Crippen LogP contribution is 2.39. The van der Waals surface area contributed by atoms with Crippen LogP contribution in [0.4, 0.5) is 0 Å². The van der Waals surface area contributed by atoms with Crippen molar-refractivity contribution in [3.63, 3.8) is 0 Å². The lowest BCUT2D eigenvalue weighted by molar-refractivity contribution is 0.346. The lowest BCUT2D eigenvalue weighted by Crippen LogP contribution is -1.99. The predicted molar refractivity (Wildman–Crippen MR) is 123 cm³/mol. The molecular weight excluding hydrogens is 443 g/mol.